The summed E-state index contributed by atoms with van der Waals surface area (Å²) in [5.41, 5.74) is 0.411. The molecule has 1 fully saturated rings. The molecule has 0 saturated carbocycles. The third-order valence-corrected chi connectivity index (χ3v) is 4.84. The lowest BCUT2D eigenvalue weighted by atomic mass is 10.2. The van der Waals surface area contributed by atoms with E-state index in [-0.39, 0.29) is 28.9 Å². The van der Waals surface area contributed by atoms with Crippen LogP contribution in [0.2, 0.25) is 0 Å². The van der Waals surface area contributed by atoms with E-state index in [4.69, 9.17) is 9.47 Å². The Balaban J connectivity index is 2.13. The summed E-state index contributed by atoms with van der Waals surface area (Å²) in [4.78, 5) is 37.6. The van der Waals surface area contributed by atoms with Crippen LogP contribution >= 0.6 is 11.8 Å². The van der Waals surface area contributed by atoms with Crippen molar-refractivity contribution in [3.63, 3.8) is 0 Å². The maximum atomic E-state index is 12.3. The standard InChI is InChI=1S/C16H20N2O5S/c1-9-15(20)18(16(21)10(2)24-9)8-14(19)17-12-7-11(22-3)5-6-13(12)23-4/h5-7,9-10H,8H2,1-4H3,(H,17,19)/t9-,10-/m0/s1. The first kappa shape index (κ1) is 18.1. The van der Waals surface area contributed by atoms with E-state index in [2.05, 4.69) is 5.32 Å². The summed E-state index contributed by atoms with van der Waals surface area (Å²) >= 11 is 1.29. The summed E-state index contributed by atoms with van der Waals surface area (Å²) in [6.45, 7) is 3.13. The molecule has 1 aliphatic rings. The number of ether oxygens (including phenoxy) is 2. The minimum absolute atomic E-state index is 0.326. The van der Waals surface area contributed by atoms with Gasteiger partial charge in [0.05, 0.1) is 30.4 Å². The summed E-state index contributed by atoms with van der Waals surface area (Å²) in [7, 11) is 2.99. The van der Waals surface area contributed by atoms with Crippen molar-refractivity contribution in [2.45, 2.75) is 24.3 Å². The molecular weight excluding hydrogens is 332 g/mol. The molecule has 1 saturated heterocycles. The Kier molecular flexibility index (Phi) is 5.71. The first-order valence-electron chi connectivity index (χ1n) is 7.40. The normalized spacial score (nSPS) is 20.8. The van der Waals surface area contributed by atoms with Gasteiger partial charge in [0.15, 0.2) is 0 Å². The van der Waals surface area contributed by atoms with Crippen LogP contribution in [0.15, 0.2) is 18.2 Å². The van der Waals surface area contributed by atoms with Crippen molar-refractivity contribution in [1.82, 2.24) is 4.90 Å². The molecule has 2 atom stereocenters. The van der Waals surface area contributed by atoms with Gasteiger partial charge >= 0.3 is 0 Å². The van der Waals surface area contributed by atoms with E-state index in [9.17, 15) is 14.4 Å². The van der Waals surface area contributed by atoms with Gasteiger partial charge in [0.1, 0.15) is 18.0 Å². The quantitative estimate of drug-likeness (QED) is 0.809. The summed E-state index contributed by atoms with van der Waals surface area (Å²) in [5, 5.41) is 1.96. The average molecular weight is 352 g/mol. The first-order chi connectivity index (χ1) is 11.4. The second kappa shape index (κ2) is 7.57. The predicted octanol–water partition coefficient (Wildman–Crippen LogP) is 1.52. The van der Waals surface area contributed by atoms with E-state index >= 15 is 0 Å². The summed E-state index contributed by atoms with van der Waals surface area (Å²) in [6.07, 6.45) is 0. The van der Waals surface area contributed by atoms with Crippen molar-refractivity contribution in [2.24, 2.45) is 0 Å². The Morgan fingerprint density at radius 1 is 1.17 bits per heavy atom. The number of carbonyl (C=O) groups excluding carboxylic acids is 3. The molecular formula is C16H20N2O5S. The number of hydrogen-bond donors (Lipinski definition) is 1. The Morgan fingerprint density at radius 3 is 2.33 bits per heavy atom. The largest absolute Gasteiger partial charge is 0.497 e. The molecule has 1 N–H and O–H groups in total. The number of anilines is 1. The van der Waals surface area contributed by atoms with Gasteiger partial charge in [0.2, 0.25) is 17.7 Å². The SMILES string of the molecule is COc1ccc(OC)c(NC(=O)CN2C(=O)[C@H](C)S[C@@H](C)C2=O)c1. The van der Waals surface area contributed by atoms with E-state index in [0.717, 1.165) is 4.90 Å². The van der Waals surface area contributed by atoms with Crippen molar-refractivity contribution in [1.29, 1.82) is 0 Å². The second-order valence-electron chi connectivity index (χ2n) is 5.30. The molecule has 0 aliphatic carbocycles. The molecule has 130 valence electrons. The number of nitrogens with zero attached hydrogens (tertiary/aromatic N) is 1. The Bertz CT molecular complexity index is 644. The fraction of sp³-hybridized carbons (Fsp3) is 0.438. The minimum atomic E-state index is -0.477. The molecule has 1 aromatic carbocycles. The van der Waals surface area contributed by atoms with Gasteiger partial charge in [-0.1, -0.05) is 0 Å². The Morgan fingerprint density at radius 2 is 1.79 bits per heavy atom. The third kappa shape index (κ3) is 3.81. The fourth-order valence-corrected chi connectivity index (χ4v) is 3.47. The van der Waals surface area contributed by atoms with Gasteiger partial charge in [-0.3, -0.25) is 19.3 Å². The van der Waals surface area contributed by atoms with Crippen LogP contribution in [-0.4, -0.2) is 53.9 Å². The molecule has 1 aliphatic heterocycles. The van der Waals surface area contributed by atoms with E-state index < -0.39 is 5.91 Å². The topological polar surface area (TPSA) is 84.9 Å². The third-order valence-electron chi connectivity index (χ3n) is 3.62. The van der Waals surface area contributed by atoms with Crippen molar-refractivity contribution in [3.8, 4) is 11.5 Å². The highest BCUT2D eigenvalue weighted by molar-refractivity contribution is 8.02. The maximum absolute atomic E-state index is 12.3. The lowest BCUT2D eigenvalue weighted by Crippen LogP contribution is -2.52. The monoisotopic (exact) mass is 352 g/mol. The highest BCUT2D eigenvalue weighted by Crippen LogP contribution is 2.30. The van der Waals surface area contributed by atoms with Crippen LogP contribution in [0, 0.1) is 0 Å². The van der Waals surface area contributed by atoms with E-state index in [1.54, 1.807) is 32.0 Å². The lowest BCUT2D eigenvalue weighted by molar-refractivity contribution is -0.147. The zero-order valence-corrected chi connectivity index (χ0v) is 14.8. The molecule has 1 aromatic rings. The highest BCUT2D eigenvalue weighted by atomic mass is 32.2. The number of methoxy groups -OCH3 is 2. The smallest absolute Gasteiger partial charge is 0.244 e. The molecule has 24 heavy (non-hydrogen) atoms. The first-order valence-corrected chi connectivity index (χ1v) is 8.34. The van der Waals surface area contributed by atoms with Crippen molar-refractivity contribution in [3.05, 3.63) is 18.2 Å². The van der Waals surface area contributed by atoms with Crippen LogP contribution in [0.4, 0.5) is 5.69 Å². The number of rotatable bonds is 5. The summed E-state index contributed by atoms with van der Waals surface area (Å²) < 4.78 is 10.3. The van der Waals surface area contributed by atoms with Crippen LogP contribution in [-0.2, 0) is 14.4 Å². The van der Waals surface area contributed by atoms with Crippen LogP contribution in [0.3, 0.4) is 0 Å². The number of carbonyl (C=O) groups is 3. The molecule has 0 radical (unpaired) electrons. The molecule has 8 heteroatoms. The van der Waals surface area contributed by atoms with Crippen LogP contribution in [0.25, 0.3) is 0 Å². The Hall–Kier alpha value is -2.22. The van der Waals surface area contributed by atoms with Crippen molar-refractivity contribution < 1.29 is 23.9 Å². The van der Waals surface area contributed by atoms with E-state index in [1.165, 1.54) is 26.0 Å². The van der Waals surface area contributed by atoms with Crippen LogP contribution in [0.1, 0.15) is 13.8 Å². The van der Waals surface area contributed by atoms with Gasteiger partial charge in [-0.25, -0.2) is 0 Å². The van der Waals surface area contributed by atoms with Crippen molar-refractivity contribution in [2.75, 3.05) is 26.1 Å². The lowest BCUT2D eigenvalue weighted by Gasteiger charge is -2.31. The average Bonchev–Trinajstić information content (AvgIpc) is 2.56. The van der Waals surface area contributed by atoms with Gasteiger partial charge in [-0.05, 0) is 26.0 Å². The second-order valence-corrected chi connectivity index (χ2v) is 6.98. The van der Waals surface area contributed by atoms with Gasteiger partial charge in [-0.15, -0.1) is 11.8 Å². The number of amides is 3. The number of imide groups is 1. The highest BCUT2D eigenvalue weighted by Gasteiger charge is 2.38. The van der Waals surface area contributed by atoms with E-state index in [1.807, 2.05) is 0 Å². The van der Waals surface area contributed by atoms with Crippen LogP contribution < -0.4 is 14.8 Å². The van der Waals surface area contributed by atoms with Gasteiger partial charge in [-0.2, -0.15) is 0 Å². The fourth-order valence-electron chi connectivity index (χ4n) is 2.37. The number of thioether (sulfide) groups is 1. The zero-order valence-electron chi connectivity index (χ0n) is 14.0. The molecule has 0 unspecified atom stereocenters. The summed E-state index contributed by atoms with van der Waals surface area (Å²) in [6, 6.07) is 4.97. The number of benzene rings is 1. The molecule has 1 heterocycles. The van der Waals surface area contributed by atoms with Crippen LogP contribution in [0.5, 0.6) is 11.5 Å². The van der Waals surface area contributed by atoms with Gasteiger partial charge in [0, 0.05) is 6.07 Å². The molecule has 0 aromatic heterocycles. The predicted molar refractivity (Wildman–Crippen MR) is 91.4 cm³/mol. The minimum Gasteiger partial charge on any atom is -0.497 e. The Labute approximate surface area is 144 Å². The number of nitrogens with one attached hydrogen (secondary N) is 1. The van der Waals surface area contributed by atoms with Crippen molar-refractivity contribution >= 4 is 35.2 Å². The molecule has 2 rings (SSSR count). The molecule has 3 amide bonds. The van der Waals surface area contributed by atoms with Gasteiger partial charge < -0.3 is 14.8 Å². The number of hydrogen-bond acceptors (Lipinski definition) is 6. The maximum Gasteiger partial charge on any atom is 0.244 e. The molecule has 0 spiro atoms. The molecule has 7 nitrogen and oxygen atoms in total. The molecule has 0 bridgehead atoms. The zero-order chi connectivity index (χ0) is 17.9. The van der Waals surface area contributed by atoms with Gasteiger partial charge in [0.25, 0.3) is 0 Å². The summed E-state index contributed by atoms with van der Waals surface area (Å²) in [5.74, 6) is -0.172. The van der Waals surface area contributed by atoms with E-state index in [0.29, 0.717) is 17.2 Å².